The Balaban J connectivity index is 1.98. The van der Waals surface area contributed by atoms with Crippen LogP contribution in [0.3, 0.4) is 0 Å². The Morgan fingerprint density at radius 3 is 2.50 bits per heavy atom. The summed E-state index contributed by atoms with van der Waals surface area (Å²) >= 11 is 0. The summed E-state index contributed by atoms with van der Waals surface area (Å²) in [5, 5.41) is 12.6. The first kappa shape index (κ1) is 9.86. The number of benzene rings is 2. The van der Waals surface area contributed by atoms with Gasteiger partial charge in [-0.1, -0.05) is 43.3 Å². The van der Waals surface area contributed by atoms with Gasteiger partial charge in [0.15, 0.2) is 0 Å². The Labute approximate surface area is 95.7 Å². The highest BCUT2D eigenvalue weighted by Gasteiger charge is 2.39. The molecule has 2 aromatic carbocycles. The molecule has 3 unspecified atom stereocenters. The molecule has 0 saturated heterocycles. The lowest BCUT2D eigenvalue weighted by atomic mass is 10.0. The molecule has 0 radical (unpaired) electrons. The molecule has 1 nitrogen and oxygen atoms in total. The maximum absolute atomic E-state index is 10.2. The minimum Gasteiger partial charge on any atom is -0.388 e. The molecule has 1 fully saturated rings. The molecule has 3 atom stereocenters. The molecule has 0 amide bonds. The Kier molecular flexibility index (Phi) is 2.22. The maximum Gasteiger partial charge on any atom is 0.0821 e. The van der Waals surface area contributed by atoms with Crippen LogP contribution in [0.1, 0.15) is 25.0 Å². The molecule has 1 N–H and O–H groups in total. The summed E-state index contributed by atoms with van der Waals surface area (Å²) in [6, 6.07) is 14.6. The van der Waals surface area contributed by atoms with E-state index in [2.05, 4.69) is 37.3 Å². The van der Waals surface area contributed by atoms with E-state index in [9.17, 15) is 5.11 Å². The maximum atomic E-state index is 10.2. The SMILES string of the molecule is CC1CC1C(O)c1ccc2ccccc2c1. The third-order valence-electron chi connectivity index (χ3n) is 3.69. The second-order valence-corrected chi connectivity index (χ2v) is 4.93. The molecule has 1 aliphatic carbocycles. The fourth-order valence-corrected chi connectivity index (χ4v) is 2.43. The lowest BCUT2D eigenvalue weighted by molar-refractivity contribution is 0.148. The van der Waals surface area contributed by atoms with Gasteiger partial charge in [0, 0.05) is 0 Å². The number of fused-ring (bicyclic) bond motifs is 1. The molecule has 3 rings (SSSR count). The van der Waals surface area contributed by atoms with Gasteiger partial charge in [-0.15, -0.1) is 0 Å². The second-order valence-electron chi connectivity index (χ2n) is 4.93. The van der Waals surface area contributed by atoms with Crippen LogP contribution in [0.2, 0.25) is 0 Å². The van der Waals surface area contributed by atoms with Crippen molar-refractivity contribution in [2.45, 2.75) is 19.4 Å². The van der Waals surface area contributed by atoms with E-state index in [1.807, 2.05) is 12.1 Å². The summed E-state index contributed by atoms with van der Waals surface area (Å²) in [6.07, 6.45) is 0.883. The van der Waals surface area contributed by atoms with Crippen LogP contribution >= 0.6 is 0 Å². The van der Waals surface area contributed by atoms with E-state index in [4.69, 9.17) is 0 Å². The number of rotatable bonds is 2. The lowest BCUT2D eigenvalue weighted by Gasteiger charge is -2.11. The molecule has 0 aromatic heterocycles. The Morgan fingerprint density at radius 1 is 1.12 bits per heavy atom. The first-order valence-corrected chi connectivity index (χ1v) is 5.92. The molecule has 0 spiro atoms. The summed E-state index contributed by atoms with van der Waals surface area (Å²) in [7, 11) is 0. The van der Waals surface area contributed by atoms with Crippen molar-refractivity contribution in [1.29, 1.82) is 0 Å². The van der Waals surface area contributed by atoms with Crippen LogP contribution in [-0.2, 0) is 0 Å². The molecular weight excluding hydrogens is 196 g/mol. The molecule has 1 saturated carbocycles. The predicted octanol–water partition coefficient (Wildman–Crippen LogP) is 3.53. The fraction of sp³-hybridized carbons (Fsp3) is 0.333. The van der Waals surface area contributed by atoms with Gasteiger partial charge < -0.3 is 5.11 Å². The quantitative estimate of drug-likeness (QED) is 0.807. The van der Waals surface area contributed by atoms with Crippen molar-refractivity contribution in [2.75, 3.05) is 0 Å². The van der Waals surface area contributed by atoms with Gasteiger partial charge in [-0.05, 0) is 40.7 Å². The van der Waals surface area contributed by atoms with Gasteiger partial charge in [0.2, 0.25) is 0 Å². The molecule has 2 aromatic rings. The van der Waals surface area contributed by atoms with Gasteiger partial charge in [0.25, 0.3) is 0 Å². The van der Waals surface area contributed by atoms with Crippen molar-refractivity contribution >= 4 is 10.8 Å². The van der Waals surface area contributed by atoms with E-state index in [0.29, 0.717) is 11.8 Å². The van der Waals surface area contributed by atoms with Crippen LogP contribution < -0.4 is 0 Å². The highest BCUT2D eigenvalue weighted by Crippen LogP contribution is 2.47. The molecular formula is C15H16O. The van der Waals surface area contributed by atoms with Crippen LogP contribution in [0.5, 0.6) is 0 Å². The number of hydrogen-bond acceptors (Lipinski definition) is 1. The first-order valence-electron chi connectivity index (χ1n) is 5.92. The molecule has 1 heteroatoms. The van der Waals surface area contributed by atoms with Gasteiger partial charge in [-0.3, -0.25) is 0 Å². The number of aliphatic hydroxyl groups excluding tert-OH is 1. The Morgan fingerprint density at radius 2 is 1.81 bits per heavy atom. The molecule has 0 bridgehead atoms. The van der Waals surface area contributed by atoms with Gasteiger partial charge >= 0.3 is 0 Å². The highest BCUT2D eigenvalue weighted by atomic mass is 16.3. The van der Waals surface area contributed by atoms with E-state index < -0.39 is 0 Å². The lowest BCUT2D eigenvalue weighted by Crippen LogP contribution is -2.00. The minimum absolute atomic E-state index is 0.278. The largest absolute Gasteiger partial charge is 0.388 e. The smallest absolute Gasteiger partial charge is 0.0821 e. The summed E-state index contributed by atoms with van der Waals surface area (Å²) < 4.78 is 0. The van der Waals surface area contributed by atoms with E-state index in [1.165, 1.54) is 10.8 Å². The molecule has 1 aliphatic rings. The topological polar surface area (TPSA) is 20.2 Å². The average Bonchev–Trinajstić information content (AvgIpc) is 3.05. The van der Waals surface area contributed by atoms with E-state index in [0.717, 1.165) is 12.0 Å². The zero-order valence-corrected chi connectivity index (χ0v) is 9.43. The molecule has 0 aliphatic heterocycles. The number of aliphatic hydroxyl groups is 1. The normalized spacial score (nSPS) is 25.6. The van der Waals surface area contributed by atoms with Crippen LogP contribution in [0.4, 0.5) is 0 Å². The van der Waals surface area contributed by atoms with E-state index in [-0.39, 0.29) is 6.10 Å². The van der Waals surface area contributed by atoms with Crippen molar-refractivity contribution in [3.05, 3.63) is 48.0 Å². The van der Waals surface area contributed by atoms with Crippen LogP contribution in [0, 0.1) is 11.8 Å². The van der Waals surface area contributed by atoms with Gasteiger partial charge in [-0.25, -0.2) is 0 Å². The predicted molar refractivity (Wildman–Crippen MR) is 66.2 cm³/mol. The molecule has 16 heavy (non-hydrogen) atoms. The zero-order valence-electron chi connectivity index (χ0n) is 9.43. The standard InChI is InChI=1S/C15H16O/c1-10-8-14(10)15(16)13-7-6-11-4-2-3-5-12(11)9-13/h2-7,9-10,14-16H,8H2,1H3. The van der Waals surface area contributed by atoms with Crippen molar-refractivity contribution < 1.29 is 5.11 Å². The van der Waals surface area contributed by atoms with Crippen molar-refractivity contribution in [3.63, 3.8) is 0 Å². The van der Waals surface area contributed by atoms with E-state index in [1.54, 1.807) is 0 Å². The number of hydrogen-bond donors (Lipinski definition) is 1. The van der Waals surface area contributed by atoms with Crippen LogP contribution in [-0.4, -0.2) is 5.11 Å². The zero-order chi connectivity index (χ0) is 11.1. The van der Waals surface area contributed by atoms with Gasteiger partial charge in [-0.2, -0.15) is 0 Å². The summed E-state index contributed by atoms with van der Waals surface area (Å²) in [6.45, 7) is 2.20. The van der Waals surface area contributed by atoms with Gasteiger partial charge in [0.05, 0.1) is 6.10 Å². The van der Waals surface area contributed by atoms with Crippen LogP contribution in [0.15, 0.2) is 42.5 Å². The average molecular weight is 212 g/mol. The van der Waals surface area contributed by atoms with Gasteiger partial charge in [0.1, 0.15) is 0 Å². The molecule has 0 heterocycles. The third-order valence-corrected chi connectivity index (χ3v) is 3.69. The Hall–Kier alpha value is -1.34. The summed E-state index contributed by atoms with van der Waals surface area (Å²) in [5.74, 6) is 1.16. The first-order chi connectivity index (χ1) is 7.75. The van der Waals surface area contributed by atoms with E-state index >= 15 is 0 Å². The summed E-state index contributed by atoms with van der Waals surface area (Å²) in [4.78, 5) is 0. The minimum atomic E-state index is -0.278. The highest BCUT2D eigenvalue weighted by molar-refractivity contribution is 5.83. The second kappa shape index (κ2) is 3.60. The van der Waals surface area contributed by atoms with Crippen molar-refractivity contribution in [1.82, 2.24) is 0 Å². The monoisotopic (exact) mass is 212 g/mol. The van der Waals surface area contributed by atoms with Crippen molar-refractivity contribution in [2.24, 2.45) is 11.8 Å². The fourth-order valence-electron chi connectivity index (χ4n) is 2.43. The third kappa shape index (κ3) is 1.61. The Bertz CT molecular complexity index is 518. The van der Waals surface area contributed by atoms with Crippen molar-refractivity contribution in [3.8, 4) is 0 Å². The summed E-state index contributed by atoms with van der Waals surface area (Å²) in [5.41, 5.74) is 1.06. The van der Waals surface area contributed by atoms with Crippen LogP contribution in [0.25, 0.3) is 10.8 Å². The molecule has 82 valence electrons.